The normalized spacial score (nSPS) is 10.5. The molecule has 1 heterocycles. The van der Waals surface area contributed by atoms with E-state index in [0.29, 0.717) is 17.1 Å². The number of halogens is 1. The minimum atomic E-state index is -0.0919. The van der Waals surface area contributed by atoms with Crippen LogP contribution in [0.5, 0.6) is 0 Å². The molecule has 0 atom stereocenters. The van der Waals surface area contributed by atoms with Crippen molar-refractivity contribution in [2.24, 2.45) is 0 Å². The molecule has 4 nitrogen and oxygen atoms in total. The Morgan fingerprint density at radius 3 is 2.84 bits per heavy atom. The van der Waals surface area contributed by atoms with Crippen molar-refractivity contribution in [2.75, 3.05) is 6.54 Å². The second kappa shape index (κ2) is 5.89. The highest BCUT2D eigenvalue weighted by atomic mass is 35.5. The van der Waals surface area contributed by atoms with Gasteiger partial charge in [-0.2, -0.15) is 5.10 Å². The third kappa shape index (κ3) is 3.35. The van der Waals surface area contributed by atoms with E-state index in [2.05, 4.69) is 15.5 Å². The number of aromatic nitrogens is 2. The number of nitrogens with one attached hydrogen (secondary N) is 2. The highest BCUT2D eigenvalue weighted by Gasteiger charge is 2.14. The summed E-state index contributed by atoms with van der Waals surface area (Å²) >= 11 is 5.91. The lowest BCUT2D eigenvalue weighted by Gasteiger charge is -2.06. The molecule has 100 valence electrons. The Morgan fingerprint density at radius 1 is 1.42 bits per heavy atom. The summed E-state index contributed by atoms with van der Waals surface area (Å²) < 4.78 is 0. The van der Waals surface area contributed by atoms with Crippen LogP contribution in [0.1, 0.15) is 27.3 Å². The molecule has 0 fully saturated rings. The van der Waals surface area contributed by atoms with Crippen molar-refractivity contribution in [3.63, 3.8) is 0 Å². The van der Waals surface area contributed by atoms with Crippen molar-refractivity contribution in [3.05, 3.63) is 51.8 Å². The number of aromatic amines is 1. The molecule has 2 rings (SSSR count). The Morgan fingerprint density at radius 2 is 2.21 bits per heavy atom. The molecule has 0 aliphatic heterocycles. The van der Waals surface area contributed by atoms with Gasteiger partial charge in [0.05, 0.1) is 11.3 Å². The van der Waals surface area contributed by atoms with Crippen LogP contribution in [0.2, 0.25) is 5.02 Å². The van der Waals surface area contributed by atoms with E-state index in [4.69, 9.17) is 11.6 Å². The molecule has 0 aliphatic rings. The van der Waals surface area contributed by atoms with Crippen molar-refractivity contribution in [1.82, 2.24) is 15.5 Å². The molecule has 0 spiro atoms. The Balaban J connectivity index is 1.91. The molecule has 0 unspecified atom stereocenters. The summed E-state index contributed by atoms with van der Waals surface area (Å²) in [5.41, 5.74) is 3.25. The first kappa shape index (κ1) is 13.6. The van der Waals surface area contributed by atoms with Crippen molar-refractivity contribution in [1.29, 1.82) is 0 Å². The van der Waals surface area contributed by atoms with Gasteiger partial charge in [-0.25, -0.2) is 0 Å². The van der Waals surface area contributed by atoms with E-state index in [1.54, 1.807) is 0 Å². The van der Waals surface area contributed by atoms with Crippen molar-refractivity contribution in [3.8, 4) is 0 Å². The molecule has 0 bridgehead atoms. The lowest BCUT2D eigenvalue weighted by Crippen LogP contribution is -2.26. The smallest absolute Gasteiger partial charge is 0.255 e. The first-order valence-corrected chi connectivity index (χ1v) is 6.50. The Kier molecular flexibility index (Phi) is 4.22. The van der Waals surface area contributed by atoms with Crippen LogP contribution >= 0.6 is 11.6 Å². The highest BCUT2D eigenvalue weighted by Crippen LogP contribution is 2.11. The molecule has 1 aromatic heterocycles. The van der Waals surface area contributed by atoms with Gasteiger partial charge in [0.25, 0.3) is 5.91 Å². The zero-order chi connectivity index (χ0) is 13.8. The lowest BCUT2D eigenvalue weighted by atomic mass is 10.1. The third-order valence-corrected chi connectivity index (χ3v) is 3.18. The fourth-order valence-corrected chi connectivity index (χ4v) is 2.20. The van der Waals surface area contributed by atoms with E-state index in [0.717, 1.165) is 23.4 Å². The fraction of sp³-hybridized carbons (Fsp3) is 0.286. The van der Waals surface area contributed by atoms with E-state index in [9.17, 15) is 4.79 Å². The SMILES string of the molecule is Cc1n[nH]c(C)c1C(=O)NCCc1cccc(Cl)c1. The molecular formula is C14H16ClN3O. The van der Waals surface area contributed by atoms with Crippen LogP contribution in [-0.4, -0.2) is 22.6 Å². The Labute approximate surface area is 117 Å². The predicted octanol–water partition coefficient (Wildman–Crippen LogP) is 2.65. The zero-order valence-electron chi connectivity index (χ0n) is 11.0. The van der Waals surface area contributed by atoms with Crippen LogP contribution in [0, 0.1) is 13.8 Å². The summed E-state index contributed by atoms with van der Waals surface area (Å²) in [4.78, 5) is 12.0. The van der Waals surface area contributed by atoms with Crippen molar-refractivity contribution in [2.45, 2.75) is 20.3 Å². The second-order valence-corrected chi connectivity index (χ2v) is 4.88. The van der Waals surface area contributed by atoms with Gasteiger partial charge in [-0.3, -0.25) is 9.89 Å². The van der Waals surface area contributed by atoms with E-state index in [1.165, 1.54) is 0 Å². The quantitative estimate of drug-likeness (QED) is 0.903. The van der Waals surface area contributed by atoms with E-state index in [1.807, 2.05) is 38.1 Å². The number of rotatable bonds is 4. The van der Waals surface area contributed by atoms with Crippen LogP contribution in [0.4, 0.5) is 0 Å². The monoisotopic (exact) mass is 277 g/mol. The number of aryl methyl sites for hydroxylation is 2. The van der Waals surface area contributed by atoms with Gasteiger partial charge in [-0.15, -0.1) is 0 Å². The molecule has 5 heteroatoms. The van der Waals surface area contributed by atoms with Crippen LogP contribution < -0.4 is 5.32 Å². The number of amides is 1. The molecule has 0 radical (unpaired) electrons. The standard InChI is InChI=1S/C14H16ClN3O/c1-9-13(10(2)18-17-9)14(19)16-7-6-11-4-3-5-12(15)8-11/h3-5,8H,6-7H2,1-2H3,(H,16,19)(H,17,18). The van der Waals surface area contributed by atoms with Crippen LogP contribution in [0.15, 0.2) is 24.3 Å². The Hall–Kier alpha value is -1.81. The summed E-state index contributed by atoms with van der Waals surface area (Å²) in [6, 6.07) is 7.64. The summed E-state index contributed by atoms with van der Waals surface area (Å²) in [5, 5.41) is 10.4. The van der Waals surface area contributed by atoms with Gasteiger partial charge in [-0.05, 0) is 38.0 Å². The molecule has 2 N–H and O–H groups in total. The van der Waals surface area contributed by atoms with E-state index >= 15 is 0 Å². The molecule has 1 amide bonds. The predicted molar refractivity (Wildman–Crippen MR) is 75.6 cm³/mol. The van der Waals surface area contributed by atoms with Gasteiger partial charge in [0, 0.05) is 17.3 Å². The number of carbonyl (C=O) groups excluding carboxylic acids is 1. The van der Waals surface area contributed by atoms with Gasteiger partial charge in [-0.1, -0.05) is 23.7 Å². The van der Waals surface area contributed by atoms with Gasteiger partial charge in [0.1, 0.15) is 0 Å². The summed E-state index contributed by atoms with van der Waals surface area (Å²) in [6.45, 7) is 4.23. The number of hydrogen-bond acceptors (Lipinski definition) is 2. The average Bonchev–Trinajstić information content (AvgIpc) is 2.69. The Bertz CT molecular complexity index is 573. The maximum Gasteiger partial charge on any atom is 0.255 e. The second-order valence-electron chi connectivity index (χ2n) is 4.44. The van der Waals surface area contributed by atoms with E-state index in [-0.39, 0.29) is 5.91 Å². The average molecular weight is 278 g/mol. The molecule has 1 aromatic carbocycles. The summed E-state index contributed by atoms with van der Waals surface area (Å²) in [7, 11) is 0. The summed E-state index contributed by atoms with van der Waals surface area (Å²) in [6.07, 6.45) is 0.752. The first-order valence-electron chi connectivity index (χ1n) is 6.12. The number of carbonyl (C=O) groups is 1. The maximum absolute atomic E-state index is 12.0. The summed E-state index contributed by atoms with van der Waals surface area (Å²) in [5.74, 6) is -0.0919. The minimum Gasteiger partial charge on any atom is -0.352 e. The number of nitrogens with zero attached hydrogens (tertiary/aromatic N) is 1. The molecule has 2 aromatic rings. The lowest BCUT2D eigenvalue weighted by molar-refractivity contribution is 0.0953. The topological polar surface area (TPSA) is 57.8 Å². The van der Waals surface area contributed by atoms with Crippen molar-refractivity contribution < 1.29 is 4.79 Å². The van der Waals surface area contributed by atoms with Crippen LogP contribution in [-0.2, 0) is 6.42 Å². The van der Waals surface area contributed by atoms with Crippen LogP contribution in [0.25, 0.3) is 0 Å². The highest BCUT2D eigenvalue weighted by molar-refractivity contribution is 6.30. The van der Waals surface area contributed by atoms with Gasteiger partial charge < -0.3 is 5.32 Å². The molecule has 0 saturated carbocycles. The van der Waals surface area contributed by atoms with Gasteiger partial charge in [0.15, 0.2) is 0 Å². The number of hydrogen-bond donors (Lipinski definition) is 2. The molecule has 0 saturated heterocycles. The maximum atomic E-state index is 12.0. The number of benzene rings is 1. The fourth-order valence-electron chi connectivity index (χ4n) is 1.99. The van der Waals surface area contributed by atoms with E-state index < -0.39 is 0 Å². The zero-order valence-corrected chi connectivity index (χ0v) is 11.7. The first-order chi connectivity index (χ1) is 9.08. The largest absolute Gasteiger partial charge is 0.352 e. The van der Waals surface area contributed by atoms with Gasteiger partial charge in [0.2, 0.25) is 0 Å². The molecular weight excluding hydrogens is 262 g/mol. The third-order valence-electron chi connectivity index (χ3n) is 2.94. The minimum absolute atomic E-state index is 0.0919. The molecule has 19 heavy (non-hydrogen) atoms. The molecule has 0 aliphatic carbocycles. The van der Waals surface area contributed by atoms with Gasteiger partial charge >= 0.3 is 0 Å². The van der Waals surface area contributed by atoms with Crippen LogP contribution in [0.3, 0.4) is 0 Å². The number of H-pyrrole nitrogens is 1. The van der Waals surface area contributed by atoms with Crippen molar-refractivity contribution >= 4 is 17.5 Å².